The molecular weight excluding hydrogens is 244 g/mol. The largest absolute Gasteiger partial charge is 0.493 e. The zero-order valence-corrected chi connectivity index (χ0v) is 10.7. The van der Waals surface area contributed by atoms with Crippen LogP contribution in [0.3, 0.4) is 0 Å². The molecule has 0 spiro atoms. The molecule has 96 valence electrons. The van der Waals surface area contributed by atoms with Gasteiger partial charge in [0, 0.05) is 12.7 Å². The van der Waals surface area contributed by atoms with Crippen LogP contribution in [0.25, 0.3) is 0 Å². The van der Waals surface area contributed by atoms with Crippen LogP contribution in [0.5, 0.6) is 11.5 Å². The zero-order valence-electron chi connectivity index (χ0n) is 9.84. The van der Waals surface area contributed by atoms with Crippen LogP contribution in [0.1, 0.15) is 6.42 Å². The molecule has 1 rings (SSSR count). The lowest BCUT2D eigenvalue weighted by atomic mass is 10.3. The fraction of sp³-hybridized carbons (Fsp3) is 0.455. The number of hydrogen-bond donors (Lipinski definition) is 1. The van der Waals surface area contributed by atoms with Crippen molar-refractivity contribution >= 4 is 9.84 Å². The van der Waals surface area contributed by atoms with Crippen molar-refractivity contribution in [3.8, 4) is 11.5 Å². The summed E-state index contributed by atoms with van der Waals surface area (Å²) >= 11 is 0. The summed E-state index contributed by atoms with van der Waals surface area (Å²) in [4.78, 5) is 0.170. The highest BCUT2D eigenvalue weighted by molar-refractivity contribution is 7.91. The minimum Gasteiger partial charge on any atom is -0.493 e. The molecule has 0 saturated carbocycles. The first-order chi connectivity index (χ1) is 8.05. The molecule has 1 aromatic rings. The van der Waals surface area contributed by atoms with Crippen molar-refractivity contribution in [3.05, 3.63) is 18.2 Å². The Bertz CT molecular complexity index is 467. The average molecular weight is 260 g/mol. The number of ether oxygens (including phenoxy) is 2. The van der Waals surface area contributed by atoms with Crippen molar-refractivity contribution in [1.82, 2.24) is 0 Å². The van der Waals surface area contributed by atoms with Crippen molar-refractivity contribution in [2.45, 2.75) is 11.3 Å². The van der Waals surface area contributed by atoms with E-state index >= 15 is 0 Å². The molecule has 1 N–H and O–H groups in total. The maximum Gasteiger partial charge on any atom is 0.178 e. The van der Waals surface area contributed by atoms with Crippen LogP contribution in [0.15, 0.2) is 23.1 Å². The SMILES string of the molecule is COc1ccc(S(=O)(=O)CCCO)cc1OC. The third-order valence-corrected chi connectivity index (χ3v) is 4.08. The van der Waals surface area contributed by atoms with E-state index in [4.69, 9.17) is 14.6 Å². The number of hydrogen-bond acceptors (Lipinski definition) is 5. The Balaban J connectivity index is 3.07. The first-order valence-corrected chi connectivity index (χ1v) is 6.76. The summed E-state index contributed by atoms with van der Waals surface area (Å²) in [6.07, 6.45) is 0.219. The minimum atomic E-state index is -3.38. The van der Waals surface area contributed by atoms with E-state index < -0.39 is 9.84 Å². The minimum absolute atomic E-state index is 0.0843. The maximum absolute atomic E-state index is 11.9. The number of rotatable bonds is 6. The molecule has 0 heterocycles. The van der Waals surface area contributed by atoms with Crippen LogP contribution >= 0.6 is 0 Å². The molecule has 0 saturated heterocycles. The van der Waals surface area contributed by atoms with Crippen molar-refractivity contribution in [1.29, 1.82) is 0 Å². The molecule has 0 aromatic heterocycles. The molecule has 0 amide bonds. The molecule has 5 nitrogen and oxygen atoms in total. The van der Waals surface area contributed by atoms with Crippen LogP contribution in [-0.2, 0) is 9.84 Å². The second-order valence-electron chi connectivity index (χ2n) is 3.41. The molecule has 0 fully saturated rings. The lowest BCUT2D eigenvalue weighted by Gasteiger charge is -2.09. The Morgan fingerprint density at radius 1 is 1.18 bits per heavy atom. The third-order valence-electron chi connectivity index (χ3n) is 2.29. The molecule has 0 atom stereocenters. The number of aliphatic hydroxyl groups excluding tert-OH is 1. The lowest BCUT2D eigenvalue weighted by Crippen LogP contribution is -2.08. The number of sulfone groups is 1. The molecule has 17 heavy (non-hydrogen) atoms. The van der Waals surface area contributed by atoms with Gasteiger partial charge < -0.3 is 14.6 Å². The standard InChI is InChI=1S/C11H16O5S/c1-15-10-5-4-9(8-11(10)16-2)17(13,14)7-3-6-12/h4-5,8,12H,3,6-7H2,1-2H3. The van der Waals surface area contributed by atoms with E-state index in [1.165, 1.54) is 26.4 Å². The van der Waals surface area contributed by atoms with E-state index in [-0.39, 0.29) is 23.7 Å². The Kier molecular flexibility index (Phi) is 4.77. The number of benzene rings is 1. The number of aliphatic hydroxyl groups is 1. The molecule has 6 heteroatoms. The van der Waals surface area contributed by atoms with Crippen LogP contribution < -0.4 is 9.47 Å². The number of methoxy groups -OCH3 is 2. The second kappa shape index (κ2) is 5.88. The van der Waals surface area contributed by atoms with Crippen LogP contribution in [0.4, 0.5) is 0 Å². The fourth-order valence-corrected chi connectivity index (χ4v) is 2.69. The molecule has 1 aromatic carbocycles. The van der Waals surface area contributed by atoms with E-state index in [0.717, 1.165) is 0 Å². The molecule has 0 aliphatic heterocycles. The van der Waals surface area contributed by atoms with E-state index in [2.05, 4.69) is 0 Å². The van der Waals surface area contributed by atoms with Gasteiger partial charge in [-0.3, -0.25) is 0 Å². The van der Waals surface area contributed by atoms with Gasteiger partial charge in [-0.15, -0.1) is 0 Å². The summed E-state index contributed by atoms with van der Waals surface area (Å²) in [7, 11) is -0.445. The Morgan fingerprint density at radius 2 is 1.82 bits per heavy atom. The van der Waals surface area contributed by atoms with Crippen molar-refractivity contribution in [2.75, 3.05) is 26.6 Å². The van der Waals surface area contributed by atoms with Crippen molar-refractivity contribution < 1.29 is 23.0 Å². The molecule has 0 unspecified atom stereocenters. The molecule has 0 bridgehead atoms. The zero-order chi connectivity index (χ0) is 12.9. The molecular formula is C11H16O5S. The first-order valence-electron chi connectivity index (χ1n) is 5.11. The maximum atomic E-state index is 11.9. The highest BCUT2D eigenvalue weighted by Crippen LogP contribution is 2.29. The second-order valence-corrected chi connectivity index (χ2v) is 5.52. The predicted octanol–water partition coefficient (Wildman–Crippen LogP) is 0.860. The van der Waals surface area contributed by atoms with Crippen molar-refractivity contribution in [2.24, 2.45) is 0 Å². The van der Waals surface area contributed by atoms with Gasteiger partial charge in [0.25, 0.3) is 0 Å². The summed E-state index contributed by atoms with van der Waals surface area (Å²) in [6.45, 7) is -0.146. The van der Waals surface area contributed by atoms with Gasteiger partial charge in [0.05, 0.1) is 24.9 Å². The third kappa shape index (κ3) is 3.34. The average Bonchev–Trinajstić information content (AvgIpc) is 2.35. The van der Waals surface area contributed by atoms with Crippen LogP contribution in [0, 0.1) is 0 Å². The monoisotopic (exact) mass is 260 g/mol. The Hall–Kier alpha value is -1.27. The quantitative estimate of drug-likeness (QED) is 0.821. The molecule has 0 aliphatic carbocycles. The van der Waals surface area contributed by atoms with Gasteiger partial charge in [0.15, 0.2) is 21.3 Å². The Morgan fingerprint density at radius 3 is 2.35 bits per heavy atom. The van der Waals surface area contributed by atoms with E-state index in [9.17, 15) is 8.42 Å². The summed E-state index contributed by atoms with van der Waals surface area (Å²) in [5.74, 6) is 0.769. The smallest absolute Gasteiger partial charge is 0.178 e. The van der Waals surface area contributed by atoms with Crippen LogP contribution in [0.2, 0.25) is 0 Å². The topological polar surface area (TPSA) is 72.8 Å². The Labute approximate surface area is 101 Å². The van der Waals surface area contributed by atoms with Gasteiger partial charge in [-0.2, -0.15) is 0 Å². The van der Waals surface area contributed by atoms with E-state index in [1.807, 2.05) is 0 Å². The summed E-state index contributed by atoms with van der Waals surface area (Å²) in [6, 6.07) is 4.43. The lowest BCUT2D eigenvalue weighted by molar-refractivity contribution is 0.295. The van der Waals surface area contributed by atoms with Gasteiger partial charge in [-0.25, -0.2) is 8.42 Å². The van der Waals surface area contributed by atoms with Crippen LogP contribution in [-0.4, -0.2) is 40.1 Å². The molecule has 0 radical (unpaired) electrons. The normalized spacial score (nSPS) is 11.2. The summed E-state index contributed by atoms with van der Waals surface area (Å²) in [5.41, 5.74) is 0. The van der Waals surface area contributed by atoms with Crippen molar-refractivity contribution in [3.63, 3.8) is 0 Å². The summed E-state index contributed by atoms with van der Waals surface area (Å²) in [5, 5.41) is 8.65. The first kappa shape index (κ1) is 13.8. The summed E-state index contributed by atoms with van der Waals surface area (Å²) < 4.78 is 33.8. The highest BCUT2D eigenvalue weighted by atomic mass is 32.2. The van der Waals surface area contributed by atoms with Gasteiger partial charge in [-0.1, -0.05) is 0 Å². The van der Waals surface area contributed by atoms with Gasteiger partial charge in [0.1, 0.15) is 0 Å². The fourth-order valence-electron chi connectivity index (χ4n) is 1.38. The van der Waals surface area contributed by atoms with Gasteiger partial charge in [0.2, 0.25) is 0 Å². The van der Waals surface area contributed by atoms with Gasteiger partial charge in [-0.05, 0) is 18.6 Å². The highest BCUT2D eigenvalue weighted by Gasteiger charge is 2.16. The molecule has 0 aliphatic rings. The predicted molar refractivity (Wildman–Crippen MR) is 63.3 cm³/mol. The van der Waals surface area contributed by atoms with E-state index in [0.29, 0.717) is 11.5 Å². The van der Waals surface area contributed by atoms with Gasteiger partial charge >= 0.3 is 0 Å². The van der Waals surface area contributed by atoms with E-state index in [1.54, 1.807) is 6.07 Å².